The number of imidazole rings is 1. The van der Waals surface area contributed by atoms with Gasteiger partial charge in [-0.25, -0.2) is 9.78 Å². The van der Waals surface area contributed by atoms with Crippen molar-refractivity contribution in [3.05, 3.63) is 35.7 Å². The smallest absolute Gasteiger partial charge is 0.339 e. The molecular weight excluding hydrogens is 232 g/mol. The zero-order valence-corrected chi connectivity index (χ0v) is 10.7. The summed E-state index contributed by atoms with van der Waals surface area (Å²) in [4.78, 5) is 15.1. The van der Waals surface area contributed by atoms with E-state index in [1.807, 2.05) is 4.57 Å². The first-order chi connectivity index (χ1) is 8.50. The molecule has 0 aromatic carbocycles. The van der Waals surface area contributed by atoms with Gasteiger partial charge in [0.25, 0.3) is 0 Å². The SMILES string of the molecule is Cc1c(C(=O)O)cnn1Cc1cncn1C(C)C. The van der Waals surface area contributed by atoms with Gasteiger partial charge in [-0.05, 0) is 20.8 Å². The van der Waals surface area contributed by atoms with E-state index in [0.717, 1.165) is 5.69 Å². The van der Waals surface area contributed by atoms with Gasteiger partial charge in [-0.15, -0.1) is 0 Å². The van der Waals surface area contributed by atoms with E-state index in [0.29, 0.717) is 18.3 Å². The molecule has 2 heterocycles. The highest BCUT2D eigenvalue weighted by Gasteiger charge is 2.14. The number of aromatic nitrogens is 4. The molecule has 0 fully saturated rings. The molecule has 1 N–H and O–H groups in total. The highest BCUT2D eigenvalue weighted by Crippen LogP contribution is 2.13. The number of carbonyl (C=O) groups is 1. The van der Waals surface area contributed by atoms with E-state index in [1.54, 1.807) is 24.1 Å². The highest BCUT2D eigenvalue weighted by atomic mass is 16.4. The minimum absolute atomic E-state index is 0.241. The maximum Gasteiger partial charge on any atom is 0.339 e. The second-order valence-electron chi connectivity index (χ2n) is 4.49. The molecule has 6 heteroatoms. The summed E-state index contributed by atoms with van der Waals surface area (Å²) in [5.41, 5.74) is 1.90. The van der Waals surface area contributed by atoms with E-state index < -0.39 is 5.97 Å². The molecule has 0 bridgehead atoms. The monoisotopic (exact) mass is 248 g/mol. The molecule has 2 aromatic rings. The van der Waals surface area contributed by atoms with E-state index in [-0.39, 0.29) is 5.56 Å². The van der Waals surface area contributed by atoms with Gasteiger partial charge >= 0.3 is 5.97 Å². The normalized spacial score (nSPS) is 11.1. The van der Waals surface area contributed by atoms with Crippen LogP contribution in [-0.2, 0) is 6.54 Å². The molecule has 0 atom stereocenters. The summed E-state index contributed by atoms with van der Waals surface area (Å²) < 4.78 is 3.72. The number of hydrogen-bond donors (Lipinski definition) is 1. The molecular formula is C12H16N4O2. The van der Waals surface area contributed by atoms with E-state index in [4.69, 9.17) is 5.11 Å². The fraction of sp³-hybridized carbons (Fsp3) is 0.417. The summed E-state index contributed by atoms with van der Waals surface area (Å²) in [6.07, 6.45) is 4.94. The minimum Gasteiger partial charge on any atom is -0.478 e. The molecule has 2 aromatic heterocycles. The summed E-state index contributed by atoms with van der Waals surface area (Å²) in [5.74, 6) is -0.948. The third-order valence-electron chi connectivity index (χ3n) is 2.95. The van der Waals surface area contributed by atoms with Crippen molar-refractivity contribution in [1.29, 1.82) is 0 Å². The van der Waals surface area contributed by atoms with Crippen LogP contribution in [0.15, 0.2) is 18.7 Å². The lowest BCUT2D eigenvalue weighted by molar-refractivity contribution is 0.0696. The van der Waals surface area contributed by atoms with Crippen LogP contribution in [0.4, 0.5) is 0 Å². The zero-order valence-electron chi connectivity index (χ0n) is 10.7. The quantitative estimate of drug-likeness (QED) is 0.894. The number of rotatable bonds is 4. The van der Waals surface area contributed by atoms with Crippen LogP contribution in [0.3, 0.4) is 0 Å². The molecule has 0 unspecified atom stereocenters. The van der Waals surface area contributed by atoms with Gasteiger partial charge in [0.2, 0.25) is 0 Å². The van der Waals surface area contributed by atoms with Gasteiger partial charge in [-0.2, -0.15) is 5.10 Å². The molecule has 0 saturated carbocycles. The number of aromatic carboxylic acids is 1. The molecule has 96 valence electrons. The van der Waals surface area contributed by atoms with Crippen LogP contribution in [0.5, 0.6) is 0 Å². The Kier molecular flexibility index (Phi) is 3.18. The molecule has 18 heavy (non-hydrogen) atoms. The summed E-state index contributed by atoms with van der Waals surface area (Å²) in [7, 11) is 0. The summed E-state index contributed by atoms with van der Waals surface area (Å²) in [6.45, 7) is 6.43. The number of hydrogen-bond acceptors (Lipinski definition) is 3. The predicted octanol–water partition coefficient (Wildman–Crippen LogP) is 1.72. The van der Waals surface area contributed by atoms with Crippen molar-refractivity contribution in [2.24, 2.45) is 0 Å². The molecule has 0 aliphatic rings. The van der Waals surface area contributed by atoms with Crippen LogP contribution in [0.2, 0.25) is 0 Å². The molecule has 2 rings (SSSR count). The van der Waals surface area contributed by atoms with Crippen LogP contribution >= 0.6 is 0 Å². The Balaban J connectivity index is 2.29. The zero-order chi connectivity index (χ0) is 13.3. The van der Waals surface area contributed by atoms with Crippen molar-refractivity contribution in [3.63, 3.8) is 0 Å². The third-order valence-corrected chi connectivity index (χ3v) is 2.95. The third kappa shape index (κ3) is 2.13. The average Bonchev–Trinajstić information content (AvgIpc) is 2.87. The first-order valence-electron chi connectivity index (χ1n) is 5.77. The molecule has 6 nitrogen and oxygen atoms in total. The van der Waals surface area contributed by atoms with E-state index >= 15 is 0 Å². The Hall–Kier alpha value is -2.11. The van der Waals surface area contributed by atoms with Crippen LogP contribution < -0.4 is 0 Å². The van der Waals surface area contributed by atoms with Gasteiger partial charge in [-0.1, -0.05) is 0 Å². The number of carboxylic acid groups (broad SMARTS) is 1. The second kappa shape index (κ2) is 4.64. The topological polar surface area (TPSA) is 72.9 Å². The Morgan fingerprint density at radius 2 is 2.17 bits per heavy atom. The van der Waals surface area contributed by atoms with Gasteiger partial charge in [-0.3, -0.25) is 4.68 Å². The summed E-state index contributed by atoms with van der Waals surface area (Å²) in [6, 6.07) is 0.317. The largest absolute Gasteiger partial charge is 0.478 e. The molecule has 0 radical (unpaired) electrons. The maximum absolute atomic E-state index is 10.9. The van der Waals surface area contributed by atoms with Gasteiger partial charge in [0.05, 0.1) is 36.7 Å². The van der Waals surface area contributed by atoms with Crippen LogP contribution in [-0.4, -0.2) is 30.4 Å². The lowest BCUT2D eigenvalue weighted by atomic mass is 10.2. The Morgan fingerprint density at radius 1 is 1.44 bits per heavy atom. The van der Waals surface area contributed by atoms with Gasteiger partial charge in [0.15, 0.2) is 0 Å². The summed E-state index contributed by atoms with van der Waals surface area (Å²) in [5, 5.41) is 13.1. The van der Waals surface area contributed by atoms with Gasteiger partial charge in [0, 0.05) is 6.04 Å². The van der Waals surface area contributed by atoms with Gasteiger partial charge < -0.3 is 9.67 Å². The van der Waals surface area contributed by atoms with Crippen molar-refractivity contribution in [2.45, 2.75) is 33.4 Å². The molecule has 0 amide bonds. The molecule has 0 spiro atoms. The number of carboxylic acids is 1. The van der Waals surface area contributed by atoms with Crippen LogP contribution in [0.25, 0.3) is 0 Å². The van der Waals surface area contributed by atoms with Crippen molar-refractivity contribution in [1.82, 2.24) is 19.3 Å². The van der Waals surface area contributed by atoms with Crippen LogP contribution in [0, 0.1) is 6.92 Å². The fourth-order valence-corrected chi connectivity index (χ4v) is 1.89. The lowest BCUT2D eigenvalue weighted by Crippen LogP contribution is -2.11. The van der Waals surface area contributed by atoms with Gasteiger partial charge in [0.1, 0.15) is 5.56 Å². The van der Waals surface area contributed by atoms with E-state index in [2.05, 4.69) is 23.9 Å². The second-order valence-corrected chi connectivity index (χ2v) is 4.49. The minimum atomic E-state index is -0.948. The molecule has 0 saturated heterocycles. The van der Waals surface area contributed by atoms with Crippen LogP contribution in [0.1, 0.15) is 41.6 Å². The summed E-state index contributed by atoms with van der Waals surface area (Å²) >= 11 is 0. The first kappa shape index (κ1) is 12.3. The maximum atomic E-state index is 10.9. The first-order valence-corrected chi connectivity index (χ1v) is 5.77. The van der Waals surface area contributed by atoms with E-state index in [9.17, 15) is 4.79 Å². The van der Waals surface area contributed by atoms with E-state index in [1.165, 1.54) is 6.20 Å². The van der Waals surface area contributed by atoms with Crippen molar-refractivity contribution < 1.29 is 9.90 Å². The van der Waals surface area contributed by atoms with Crippen molar-refractivity contribution in [3.8, 4) is 0 Å². The standard InChI is InChI=1S/C12H16N4O2/c1-8(2)15-7-13-4-10(15)6-16-9(3)11(5-14-16)12(17)18/h4-5,7-8H,6H2,1-3H3,(H,17,18). The van der Waals surface area contributed by atoms with Crippen molar-refractivity contribution >= 4 is 5.97 Å². The fourth-order valence-electron chi connectivity index (χ4n) is 1.89. The van der Waals surface area contributed by atoms with Crippen molar-refractivity contribution in [2.75, 3.05) is 0 Å². The lowest BCUT2D eigenvalue weighted by Gasteiger charge is -2.12. The predicted molar refractivity (Wildman–Crippen MR) is 65.6 cm³/mol. The Morgan fingerprint density at radius 3 is 2.72 bits per heavy atom. The highest BCUT2D eigenvalue weighted by molar-refractivity contribution is 5.88. The Labute approximate surface area is 105 Å². The molecule has 0 aliphatic carbocycles. The number of nitrogens with zero attached hydrogens (tertiary/aromatic N) is 4. The molecule has 0 aliphatic heterocycles. The average molecular weight is 248 g/mol. The Bertz CT molecular complexity index is 568.